The normalized spacial score (nSPS) is 18.5. The van der Waals surface area contributed by atoms with Crippen LogP contribution in [0.25, 0.3) is 0 Å². The maximum Gasteiger partial charge on any atom is 0.335 e. The summed E-state index contributed by atoms with van der Waals surface area (Å²) in [4.78, 5) is 43.8. The van der Waals surface area contributed by atoms with E-state index < -0.39 is 17.8 Å². The molecule has 2 aliphatic heterocycles. The van der Waals surface area contributed by atoms with E-state index in [-0.39, 0.29) is 19.0 Å². The highest BCUT2D eigenvalue weighted by molar-refractivity contribution is 7.09. The summed E-state index contributed by atoms with van der Waals surface area (Å²) in [6.45, 7) is 2.44. The van der Waals surface area contributed by atoms with Crippen molar-refractivity contribution in [3.63, 3.8) is 0 Å². The summed E-state index contributed by atoms with van der Waals surface area (Å²) in [7, 11) is 0. The van der Waals surface area contributed by atoms with Gasteiger partial charge in [0, 0.05) is 31.1 Å². The number of piperazine rings is 1. The Balaban J connectivity index is 1.37. The lowest BCUT2D eigenvalue weighted by Crippen LogP contribution is -2.51. The highest BCUT2D eigenvalue weighted by Gasteiger charge is 2.45. The molecule has 2 aliphatic rings. The van der Waals surface area contributed by atoms with Gasteiger partial charge in [0.25, 0.3) is 0 Å². The molecular formula is C19H19FN4O3S. The predicted molar refractivity (Wildman–Crippen MR) is 102 cm³/mol. The Bertz CT molecular complexity index is 896. The van der Waals surface area contributed by atoms with Crippen LogP contribution in [0.3, 0.4) is 0 Å². The third-order valence-corrected chi connectivity index (χ3v) is 5.80. The molecule has 0 atom stereocenters. The second-order valence-corrected chi connectivity index (χ2v) is 7.72. The molecule has 4 rings (SSSR count). The molecule has 1 aromatic heterocycles. The third-order valence-electron chi connectivity index (χ3n) is 4.94. The van der Waals surface area contributed by atoms with Crippen molar-refractivity contribution in [1.29, 1.82) is 0 Å². The molecule has 2 fully saturated rings. The lowest BCUT2D eigenvalue weighted by molar-refractivity contribution is -0.144. The van der Waals surface area contributed by atoms with E-state index in [4.69, 9.17) is 0 Å². The van der Waals surface area contributed by atoms with Gasteiger partial charge in [-0.3, -0.25) is 19.4 Å². The van der Waals surface area contributed by atoms with Crippen LogP contribution in [0, 0.1) is 5.82 Å². The average Bonchev–Trinajstić information content (AvgIpc) is 3.29. The van der Waals surface area contributed by atoms with E-state index in [1.54, 1.807) is 18.2 Å². The molecule has 0 radical (unpaired) electrons. The molecule has 4 amide bonds. The highest BCUT2D eigenvalue weighted by Crippen LogP contribution is 2.22. The fraction of sp³-hybridized carbons (Fsp3) is 0.316. The number of benzene rings is 1. The van der Waals surface area contributed by atoms with Crippen molar-refractivity contribution in [3.8, 4) is 0 Å². The summed E-state index contributed by atoms with van der Waals surface area (Å²) in [5.41, 5.74) is 0.549. The first-order valence-corrected chi connectivity index (χ1v) is 9.84. The van der Waals surface area contributed by atoms with E-state index in [0.29, 0.717) is 31.9 Å². The van der Waals surface area contributed by atoms with E-state index in [1.807, 2.05) is 27.3 Å². The number of para-hydroxylation sites is 1. The van der Waals surface area contributed by atoms with Crippen LogP contribution in [0.2, 0.25) is 0 Å². The predicted octanol–water partition coefficient (Wildman–Crippen LogP) is 1.96. The Labute approximate surface area is 165 Å². The van der Waals surface area contributed by atoms with Crippen LogP contribution in [0.15, 0.2) is 41.8 Å². The average molecular weight is 402 g/mol. The van der Waals surface area contributed by atoms with Gasteiger partial charge in [-0.25, -0.2) is 14.1 Å². The summed E-state index contributed by atoms with van der Waals surface area (Å²) in [6, 6.07) is 9.68. The van der Waals surface area contributed by atoms with E-state index in [9.17, 15) is 18.8 Å². The van der Waals surface area contributed by atoms with Crippen LogP contribution < -0.4 is 4.90 Å². The molecule has 28 heavy (non-hydrogen) atoms. The van der Waals surface area contributed by atoms with Crippen LogP contribution in [-0.2, 0) is 16.1 Å². The number of carbonyl (C=O) groups is 3. The number of halogens is 1. The zero-order chi connectivity index (χ0) is 19.7. The minimum absolute atomic E-state index is 0.0649. The minimum Gasteiger partial charge on any atom is -0.367 e. The summed E-state index contributed by atoms with van der Waals surface area (Å²) in [5.74, 6) is -1.85. The molecule has 2 saturated heterocycles. The van der Waals surface area contributed by atoms with E-state index in [2.05, 4.69) is 0 Å². The van der Waals surface area contributed by atoms with Crippen LogP contribution in [0.5, 0.6) is 0 Å². The van der Waals surface area contributed by atoms with Crippen molar-refractivity contribution in [1.82, 2.24) is 14.7 Å². The molecular weight excluding hydrogens is 383 g/mol. The van der Waals surface area contributed by atoms with Crippen molar-refractivity contribution in [2.45, 2.75) is 6.54 Å². The van der Waals surface area contributed by atoms with Crippen molar-refractivity contribution < 1.29 is 18.8 Å². The molecule has 9 heteroatoms. The Morgan fingerprint density at radius 3 is 2.29 bits per heavy atom. The van der Waals surface area contributed by atoms with Gasteiger partial charge in [-0.1, -0.05) is 18.2 Å². The van der Waals surface area contributed by atoms with Gasteiger partial charge in [0.05, 0.1) is 18.9 Å². The molecule has 0 saturated carbocycles. The van der Waals surface area contributed by atoms with Gasteiger partial charge in [-0.15, -0.1) is 11.3 Å². The minimum atomic E-state index is -0.793. The van der Waals surface area contributed by atoms with E-state index in [0.717, 1.165) is 14.7 Å². The van der Waals surface area contributed by atoms with Crippen molar-refractivity contribution in [3.05, 3.63) is 52.5 Å². The second kappa shape index (κ2) is 7.69. The van der Waals surface area contributed by atoms with Gasteiger partial charge >= 0.3 is 17.8 Å². The van der Waals surface area contributed by atoms with Crippen LogP contribution in [0.4, 0.5) is 14.9 Å². The topological polar surface area (TPSA) is 64.2 Å². The van der Waals surface area contributed by atoms with Crippen molar-refractivity contribution in [2.24, 2.45) is 0 Å². The van der Waals surface area contributed by atoms with Crippen LogP contribution in [0.1, 0.15) is 4.88 Å². The molecule has 1 aromatic carbocycles. The van der Waals surface area contributed by atoms with Crippen molar-refractivity contribution >= 4 is 34.9 Å². The number of imide groups is 2. The van der Waals surface area contributed by atoms with E-state index >= 15 is 0 Å². The number of hydrogen-bond donors (Lipinski definition) is 0. The monoisotopic (exact) mass is 402 g/mol. The number of urea groups is 1. The zero-order valence-electron chi connectivity index (χ0n) is 15.1. The van der Waals surface area contributed by atoms with Gasteiger partial charge < -0.3 is 4.90 Å². The first-order valence-electron chi connectivity index (χ1n) is 8.96. The molecule has 0 bridgehead atoms. The Kier molecular flexibility index (Phi) is 5.10. The number of hydrogen-bond acceptors (Lipinski definition) is 6. The Hall–Kier alpha value is -2.78. The number of carbonyl (C=O) groups excluding carboxylic acids is 3. The Morgan fingerprint density at radius 1 is 0.893 bits per heavy atom. The molecule has 3 heterocycles. The highest BCUT2D eigenvalue weighted by atomic mass is 32.1. The quantitative estimate of drug-likeness (QED) is 0.565. The number of amides is 4. The number of nitrogens with zero attached hydrogens (tertiary/aromatic N) is 4. The molecule has 0 aliphatic carbocycles. The van der Waals surface area contributed by atoms with Crippen molar-refractivity contribution in [2.75, 3.05) is 37.7 Å². The summed E-state index contributed by atoms with van der Waals surface area (Å²) in [5, 5.41) is 1.86. The molecule has 2 aromatic rings. The maximum atomic E-state index is 13.9. The van der Waals surface area contributed by atoms with E-state index in [1.165, 1.54) is 17.4 Å². The molecule has 0 unspecified atom stereocenters. The smallest absolute Gasteiger partial charge is 0.335 e. The summed E-state index contributed by atoms with van der Waals surface area (Å²) >= 11 is 1.43. The first kappa shape index (κ1) is 18.6. The first-order chi connectivity index (χ1) is 13.5. The largest absolute Gasteiger partial charge is 0.367 e. The molecule has 0 spiro atoms. The van der Waals surface area contributed by atoms with Crippen LogP contribution >= 0.6 is 11.3 Å². The molecule has 146 valence electrons. The molecule has 0 N–H and O–H groups in total. The summed E-state index contributed by atoms with van der Waals surface area (Å²) < 4.78 is 13.9. The fourth-order valence-electron chi connectivity index (χ4n) is 3.41. The maximum absolute atomic E-state index is 13.9. The van der Waals surface area contributed by atoms with Gasteiger partial charge in [0.1, 0.15) is 5.82 Å². The second-order valence-electron chi connectivity index (χ2n) is 6.68. The SMILES string of the molecule is O=C1C(=O)N(CN2CCN(c3ccccc3F)CC2)C(=O)N1Cc1cccs1. The standard InChI is InChI=1S/C19H19FN4O3S/c20-15-5-1-2-6-16(15)22-9-7-21(8-10-22)13-24-18(26)17(25)23(19(24)27)12-14-4-3-11-28-14/h1-6,11H,7-10,12-13H2. The van der Waals surface area contributed by atoms with Crippen LogP contribution in [-0.4, -0.2) is 65.4 Å². The summed E-state index contributed by atoms with van der Waals surface area (Å²) in [6.07, 6.45) is 0. The lowest BCUT2D eigenvalue weighted by atomic mass is 10.2. The number of rotatable bonds is 5. The fourth-order valence-corrected chi connectivity index (χ4v) is 4.10. The number of anilines is 1. The van der Waals surface area contributed by atoms with Gasteiger partial charge in [-0.2, -0.15) is 0 Å². The number of thiophene rings is 1. The van der Waals surface area contributed by atoms with Gasteiger partial charge in [-0.05, 0) is 23.6 Å². The van der Waals surface area contributed by atoms with Gasteiger partial charge in [0.15, 0.2) is 0 Å². The zero-order valence-corrected chi connectivity index (χ0v) is 15.9. The lowest BCUT2D eigenvalue weighted by Gasteiger charge is -2.37. The van der Waals surface area contributed by atoms with Gasteiger partial charge in [0.2, 0.25) is 0 Å². The molecule has 7 nitrogen and oxygen atoms in total. The Morgan fingerprint density at radius 2 is 1.61 bits per heavy atom. The third kappa shape index (κ3) is 3.50.